The van der Waals surface area contributed by atoms with E-state index in [1.807, 2.05) is 18.2 Å². The highest BCUT2D eigenvalue weighted by atomic mass is 16.4. The molecule has 1 amide bonds. The van der Waals surface area contributed by atoms with Crippen molar-refractivity contribution in [2.45, 2.75) is 45.1 Å². The minimum Gasteiger partial charge on any atom is -0.481 e. The lowest BCUT2D eigenvalue weighted by Gasteiger charge is -2.29. The van der Waals surface area contributed by atoms with Crippen LogP contribution in [0.25, 0.3) is 0 Å². The van der Waals surface area contributed by atoms with Gasteiger partial charge in [0, 0.05) is 19.7 Å². The molecule has 0 radical (unpaired) electrons. The Balaban J connectivity index is 1.97. The minimum atomic E-state index is -0.808. The number of aromatic nitrogens is 1. The van der Waals surface area contributed by atoms with Gasteiger partial charge in [-0.2, -0.15) is 0 Å². The van der Waals surface area contributed by atoms with Crippen LogP contribution >= 0.6 is 0 Å². The van der Waals surface area contributed by atoms with E-state index in [1.54, 1.807) is 18.1 Å². The maximum atomic E-state index is 12.4. The molecular formula is C16H22N2O3. The zero-order chi connectivity index (χ0) is 15.3. The van der Waals surface area contributed by atoms with Gasteiger partial charge in [-0.15, -0.1) is 0 Å². The highest BCUT2D eigenvalue weighted by Crippen LogP contribution is 2.44. The zero-order valence-electron chi connectivity index (χ0n) is 12.4. The van der Waals surface area contributed by atoms with Crippen LogP contribution < -0.4 is 0 Å². The zero-order valence-corrected chi connectivity index (χ0v) is 12.4. The van der Waals surface area contributed by atoms with E-state index in [4.69, 9.17) is 5.11 Å². The quantitative estimate of drug-likeness (QED) is 0.873. The van der Waals surface area contributed by atoms with Crippen molar-refractivity contribution in [3.8, 4) is 0 Å². The van der Waals surface area contributed by atoms with Crippen molar-refractivity contribution in [3.05, 3.63) is 30.1 Å². The summed E-state index contributed by atoms with van der Waals surface area (Å²) >= 11 is 0. The molecule has 0 aliphatic heterocycles. The first kappa shape index (κ1) is 15.5. The number of aliphatic carboxylic acids is 1. The van der Waals surface area contributed by atoms with E-state index in [2.05, 4.69) is 4.98 Å². The van der Waals surface area contributed by atoms with Gasteiger partial charge in [0.25, 0.3) is 0 Å². The van der Waals surface area contributed by atoms with E-state index < -0.39 is 5.97 Å². The fraction of sp³-hybridized carbons (Fsp3) is 0.562. The Hall–Kier alpha value is -1.91. The van der Waals surface area contributed by atoms with E-state index in [-0.39, 0.29) is 17.7 Å². The first-order valence-corrected chi connectivity index (χ1v) is 7.36. The van der Waals surface area contributed by atoms with Gasteiger partial charge in [-0.25, -0.2) is 0 Å². The molecule has 2 rings (SSSR count). The molecule has 1 aromatic rings. The van der Waals surface area contributed by atoms with Gasteiger partial charge in [-0.3, -0.25) is 14.6 Å². The largest absolute Gasteiger partial charge is 0.481 e. The van der Waals surface area contributed by atoms with Crippen LogP contribution in [0, 0.1) is 5.41 Å². The summed E-state index contributed by atoms with van der Waals surface area (Å²) in [6.45, 7) is 0.461. The maximum absolute atomic E-state index is 12.4. The van der Waals surface area contributed by atoms with Crippen LogP contribution in [-0.2, 0) is 16.1 Å². The summed E-state index contributed by atoms with van der Waals surface area (Å²) in [5, 5.41) is 9.09. The van der Waals surface area contributed by atoms with Gasteiger partial charge in [0.1, 0.15) is 0 Å². The monoisotopic (exact) mass is 290 g/mol. The summed E-state index contributed by atoms with van der Waals surface area (Å²) in [5.41, 5.74) is 0.494. The molecule has 1 aliphatic carbocycles. The van der Waals surface area contributed by atoms with Crippen LogP contribution in [0.2, 0.25) is 0 Å². The van der Waals surface area contributed by atoms with Crippen LogP contribution in [-0.4, -0.2) is 33.9 Å². The molecule has 5 nitrogen and oxygen atoms in total. The number of hydrogen-bond acceptors (Lipinski definition) is 3. The molecule has 1 saturated carbocycles. The number of pyridine rings is 1. The maximum Gasteiger partial charge on any atom is 0.303 e. The van der Waals surface area contributed by atoms with E-state index in [0.29, 0.717) is 13.0 Å². The number of carboxylic acid groups (broad SMARTS) is 1. The third kappa shape index (κ3) is 4.28. The normalized spacial score (nSPS) is 16.6. The highest BCUT2D eigenvalue weighted by molar-refractivity contribution is 5.78. The third-order valence-electron chi connectivity index (χ3n) is 4.27. The average Bonchev–Trinajstić information content (AvgIpc) is 2.87. The first-order valence-electron chi connectivity index (χ1n) is 7.36. The summed E-state index contributed by atoms with van der Waals surface area (Å²) in [5.74, 6) is -0.805. The average molecular weight is 290 g/mol. The van der Waals surface area contributed by atoms with Crippen molar-refractivity contribution in [1.29, 1.82) is 0 Å². The van der Waals surface area contributed by atoms with Crippen molar-refractivity contribution in [2.24, 2.45) is 5.41 Å². The predicted octanol–water partition coefficient (Wildman–Crippen LogP) is 2.47. The van der Waals surface area contributed by atoms with E-state index in [0.717, 1.165) is 31.4 Å². The Morgan fingerprint density at radius 3 is 2.57 bits per heavy atom. The van der Waals surface area contributed by atoms with Crippen LogP contribution in [0.3, 0.4) is 0 Å². The molecule has 0 saturated heterocycles. The van der Waals surface area contributed by atoms with Gasteiger partial charge >= 0.3 is 5.97 Å². The van der Waals surface area contributed by atoms with Gasteiger partial charge in [0.2, 0.25) is 5.91 Å². The molecule has 114 valence electrons. The lowest BCUT2D eigenvalue weighted by Crippen LogP contribution is -2.33. The molecule has 5 heteroatoms. The standard InChI is InChI=1S/C16H22N2O3/c1-18(12-13-6-2-5-9-17-13)14(19)10-16(11-15(20)21)7-3-4-8-16/h2,5-6,9H,3-4,7-8,10-12H2,1H3,(H,20,21). The molecule has 1 heterocycles. The lowest BCUT2D eigenvalue weighted by atomic mass is 9.79. The lowest BCUT2D eigenvalue weighted by molar-refractivity contribution is -0.141. The van der Waals surface area contributed by atoms with Crippen LogP contribution in [0.4, 0.5) is 0 Å². The molecule has 21 heavy (non-hydrogen) atoms. The molecule has 1 aliphatic rings. The first-order chi connectivity index (χ1) is 10.0. The number of carbonyl (C=O) groups excluding carboxylic acids is 1. The molecule has 1 fully saturated rings. The number of amides is 1. The number of rotatable bonds is 6. The summed E-state index contributed by atoms with van der Waals surface area (Å²) in [4.78, 5) is 29.3. The molecule has 0 unspecified atom stereocenters. The molecule has 0 spiro atoms. The minimum absolute atomic E-state index is 0.00352. The van der Waals surface area contributed by atoms with Crippen LogP contribution in [0.5, 0.6) is 0 Å². The van der Waals surface area contributed by atoms with Crippen molar-refractivity contribution >= 4 is 11.9 Å². The Morgan fingerprint density at radius 1 is 1.29 bits per heavy atom. The SMILES string of the molecule is CN(Cc1ccccn1)C(=O)CC1(CC(=O)O)CCCC1. The highest BCUT2D eigenvalue weighted by Gasteiger charge is 2.38. The Morgan fingerprint density at radius 2 is 2.00 bits per heavy atom. The smallest absolute Gasteiger partial charge is 0.303 e. The second kappa shape index (κ2) is 6.70. The summed E-state index contributed by atoms with van der Waals surface area (Å²) in [6.07, 6.45) is 5.83. The Labute approximate surface area is 125 Å². The van der Waals surface area contributed by atoms with Crippen molar-refractivity contribution in [1.82, 2.24) is 9.88 Å². The Bertz CT molecular complexity index is 496. The molecule has 0 bridgehead atoms. The van der Waals surface area contributed by atoms with Gasteiger partial charge in [0.05, 0.1) is 18.7 Å². The summed E-state index contributed by atoms with van der Waals surface area (Å²) in [6, 6.07) is 5.61. The van der Waals surface area contributed by atoms with Crippen LogP contribution in [0.1, 0.15) is 44.2 Å². The summed E-state index contributed by atoms with van der Waals surface area (Å²) < 4.78 is 0. The van der Waals surface area contributed by atoms with Crippen molar-refractivity contribution < 1.29 is 14.7 Å². The van der Waals surface area contributed by atoms with Gasteiger partial charge in [-0.1, -0.05) is 18.9 Å². The number of carboxylic acids is 1. The van der Waals surface area contributed by atoms with Gasteiger partial charge in [0.15, 0.2) is 0 Å². The van der Waals surface area contributed by atoms with Crippen molar-refractivity contribution in [3.63, 3.8) is 0 Å². The topological polar surface area (TPSA) is 70.5 Å². The van der Waals surface area contributed by atoms with E-state index >= 15 is 0 Å². The van der Waals surface area contributed by atoms with Crippen LogP contribution in [0.15, 0.2) is 24.4 Å². The van der Waals surface area contributed by atoms with Crippen molar-refractivity contribution in [2.75, 3.05) is 7.05 Å². The van der Waals surface area contributed by atoms with Gasteiger partial charge < -0.3 is 10.0 Å². The molecule has 0 aromatic carbocycles. The Kier molecular flexibility index (Phi) is 4.94. The predicted molar refractivity (Wildman–Crippen MR) is 78.5 cm³/mol. The summed E-state index contributed by atoms with van der Waals surface area (Å²) in [7, 11) is 1.75. The second-order valence-electron chi connectivity index (χ2n) is 6.03. The molecule has 0 atom stereocenters. The number of carbonyl (C=O) groups is 2. The molecular weight excluding hydrogens is 268 g/mol. The second-order valence-corrected chi connectivity index (χ2v) is 6.03. The molecule has 1 N–H and O–H groups in total. The molecule has 1 aromatic heterocycles. The fourth-order valence-corrected chi connectivity index (χ4v) is 3.14. The van der Waals surface area contributed by atoms with Gasteiger partial charge in [-0.05, 0) is 30.4 Å². The fourth-order valence-electron chi connectivity index (χ4n) is 3.14. The van der Waals surface area contributed by atoms with E-state index in [1.165, 1.54) is 0 Å². The van der Waals surface area contributed by atoms with E-state index in [9.17, 15) is 9.59 Å². The number of nitrogens with zero attached hydrogens (tertiary/aromatic N) is 2. The number of hydrogen-bond donors (Lipinski definition) is 1. The third-order valence-corrected chi connectivity index (χ3v) is 4.27.